The van der Waals surface area contributed by atoms with Gasteiger partial charge >= 0.3 is 5.97 Å². The van der Waals surface area contributed by atoms with Gasteiger partial charge < -0.3 is 14.4 Å². The van der Waals surface area contributed by atoms with Crippen LogP contribution in [0.25, 0.3) is 6.08 Å². The highest BCUT2D eigenvalue weighted by Crippen LogP contribution is 2.20. The van der Waals surface area contributed by atoms with E-state index in [1.165, 1.54) is 34.6 Å². The number of benzene rings is 2. The maximum absolute atomic E-state index is 12.9. The van der Waals surface area contributed by atoms with Crippen molar-refractivity contribution in [2.75, 3.05) is 39.9 Å². The van der Waals surface area contributed by atoms with Crippen LogP contribution in [0.15, 0.2) is 59.5 Å². The molecule has 0 spiro atoms. The first-order chi connectivity index (χ1) is 15.4. The van der Waals surface area contributed by atoms with Crippen molar-refractivity contribution >= 4 is 28.0 Å². The SMILES string of the molecule is CCOC(=O)c1ccc(S(=O)(=O)N2CCN(C(=O)/C=C/c3ccccc3OC)CC2)cc1. The molecule has 1 saturated heterocycles. The first-order valence-corrected chi connectivity index (χ1v) is 11.7. The second kappa shape index (κ2) is 10.4. The molecule has 2 aromatic carbocycles. The van der Waals surface area contributed by atoms with Gasteiger partial charge in [-0.1, -0.05) is 18.2 Å². The molecule has 0 saturated carbocycles. The number of carbonyl (C=O) groups is 2. The fourth-order valence-electron chi connectivity index (χ4n) is 3.35. The fourth-order valence-corrected chi connectivity index (χ4v) is 4.77. The van der Waals surface area contributed by atoms with Gasteiger partial charge in [0.05, 0.1) is 24.2 Å². The Bertz CT molecular complexity index is 1090. The van der Waals surface area contributed by atoms with Crippen LogP contribution in [0.1, 0.15) is 22.8 Å². The van der Waals surface area contributed by atoms with Gasteiger partial charge in [0.25, 0.3) is 0 Å². The summed E-state index contributed by atoms with van der Waals surface area (Å²) in [6, 6.07) is 13.0. The van der Waals surface area contributed by atoms with Crippen molar-refractivity contribution in [1.82, 2.24) is 9.21 Å². The monoisotopic (exact) mass is 458 g/mol. The number of sulfonamides is 1. The lowest BCUT2D eigenvalue weighted by Gasteiger charge is -2.33. The molecule has 32 heavy (non-hydrogen) atoms. The van der Waals surface area contributed by atoms with Crippen LogP contribution >= 0.6 is 0 Å². The molecule has 1 fully saturated rings. The molecule has 3 rings (SSSR count). The molecule has 0 bridgehead atoms. The number of esters is 1. The highest BCUT2D eigenvalue weighted by molar-refractivity contribution is 7.89. The number of ether oxygens (including phenoxy) is 2. The molecule has 1 aliphatic rings. The van der Waals surface area contributed by atoms with Crippen LogP contribution in [0.2, 0.25) is 0 Å². The molecule has 8 nitrogen and oxygen atoms in total. The van der Waals surface area contributed by atoms with Crippen molar-refractivity contribution in [2.24, 2.45) is 0 Å². The number of rotatable bonds is 7. The zero-order valence-electron chi connectivity index (χ0n) is 18.1. The molecule has 0 N–H and O–H groups in total. The molecule has 1 amide bonds. The van der Waals surface area contributed by atoms with E-state index in [0.29, 0.717) is 11.3 Å². The van der Waals surface area contributed by atoms with E-state index in [2.05, 4.69) is 0 Å². The number of hydrogen-bond acceptors (Lipinski definition) is 6. The smallest absolute Gasteiger partial charge is 0.338 e. The van der Waals surface area contributed by atoms with Crippen LogP contribution in [0, 0.1) is 0 Å². The van der Waals surface area contributed by atoms with Gasteiger partial charge in [0.1, 0.15) is 5.75 Å². The van der Waals surface area contributed by atoms with Gasteiger partial charge in [-0.05, 0) is 43.3 Å². The Hall–Kier alpha value is -3.17. The van der Waals surface area contributed by atoms with Gasteiger partial charge in [0.2, 0.25) is 15.9 Å². The van der Waals surface area contributed by atoms with Crippen LogP contribution in [0.5, 0.6) is 5.75 Å². The highest BCUT2D eigenvalue weighted by Gasteiger charge is 2.29. The van der Waals surface area contributed by atoms with Crippen molar-refractivity contribution in [3.63, 3.8) is 0 Å². The Labute approximate surface area is 188 Å². The lowest BCUT2D eigenvalue weighted by molar-refractivity contribution is -0.127. The lowest BCUT2D eigenvalue weighted by Crippen LogP contribution is -2.50. The van der Waals surface area contributed by atoms with E-state index in [1.54, 1.807) is 25.0 Å². The summed E-state index contributed by atoms with van der Waals surface area (Å²) in [4.78, 5) is 26.0. The highest BCUT2D eigenvalue weighted by atomic mass is 32.2. The summed E-state index contributed by atoms with van der Waals surface area (Å²) in [7, 11) is -2.15. The molecule has 1 aliphatic heterocycles. The number of nitrogens with zero attached hydrogens (tertiary/aromatic N) is 2. The predicted octanol–water partition coefficient (Wildman–Crippen LogP) is 2.42. The molecule has 0 aromatic heterocycles. The molecular formula is C23H26N2O6S. The quantitative estimate of drug-likeness (QED) is 0.467. The number of carbonyl (C=O) groups excluding carboxylic acids is 2. The summed E-state index contributed by atoms with van der Waals surface area (Å²) in [5.41, 5.74) is 1.08. The van der Waals surface area contributed by atoms with Crippen LogP contribution in [0.3, 0.4) is 0 Å². The number of hydrogen-bond donors (Lipinski definition) is 0. The summed E-state index contributed by atoms with van der Waals surface area (Å²) in [5, 5.41) is 0. The van der Waals surface area contributed by atoms with Crippen molar-refractivity contribution in [3.8, 4) is 5.75 Å². The second-order valence-electron chi connectivity index (χ2n) is 7.05. The Kier molecular flexibility index (Phi) is 7.66. The largest absolute Gasteiger partial charge is 0.496 e. The predicted molar refractivity (Wildman–Crippen MR) is 120 cm³/mol. The van der Waals surface area contributed by atoms with Crippen LogP contribution in [0.4, 0.5) is 0 Å². The summed E-state index contributed by atoms with van der Waals surface area (Å²) in [6.07, 6.45) is 3.16. The molecule has 1 heterocycles. The zero-order chi connectivity index (χ0) is 23.1. The van der Waals surface area contributed by atoms with E-state index in [4.69, 9.17) is 9.47 Å². The van der Waals surface area contributed by atoms with E-state index in [-0.39, 0.29) is 43.6 Å². The fraction of sp³-hybridized carbons (Fsp3) is 0.304. The van der Waals surface area contributed by atoms with E-state index >= 15 is 0 Å². The van der Waals surface area contributed by atoms with Crippen molar-refractivity contribution in [3.05, 3.63) is 65.7 Å². The Morgan fingerprint density at radius 2 is 1.66 bits per heavy atom. The molecular weight excluding hydrogens is 432 g/mol. The van der Waals surface area contributed by atoms with Gasteiger partial charge in [-0.15, -0.1) is 0 Å². The van der Waals surface area contributed by atoms with E-state index in [1.807, 2.05) is 24.3 Å². The third kappa shape index (κ3) is 5.35. The summed E-state index contributed by atoms with van der Waals surface area (Å²) < 4.78 is 37.4. The number of piperazine rings is 1. The molecule has 2 aromatic rings. The maximum Gasteiger partial charge on any atom is 0.338 e. The van der Waals surface area contributed by atoms with Gasteiger partial charge in [0, 0.05) is 37.8 Å². The van der Waals surface area contributed by atoms with Crippen molar-refractivity contribution in [1.29, 1.82) is 0 Å². The Morgan fingerprint density at radius 1 is 1.00 bits per heavy atom. The second-order valence-corrected chi connectivity index (χ2v) is 8.99. The average Bonchev–Trinajstić information content (AvgIpc) is 2.83. The number of amides is 1. The molecule has 0 radical (unpaired) electrons. The van der Waals surface area contributed by atoms with Gasteiger partial charge in [0.15, 0.2) is 0 Å². The average molecular weight is 459 g/mol. The van der Waals surface area contributed by atoms with Crippen molar-refractivity contribution in [2.45, 2.75) is 11.8 Å². The minimum atomic E-state index is -3.72. The molecule has 0 unspecified atom stereocenters. The molecule has 9 heteroatoms. The number of methoxy groups -OCH3 is 1. The van der Waals surface area contributed by atoms with Crippen LogP contribution in [-0.2, 0) is 19.6 Å². The molecule has 170 valence electrons. The Morgan fingerprint density at radius 3 is 2.28 bits per heavy atom. The minimum Gasteiger partial charge on any atom is -0.496 e. The Balaban J connectivity index is 1.61. The summed E-state index contributed by atoms with van der Waals surface area (Å²) in [5.74, 6) is -0.0158. The van der Waals surface area contributed by atoms with E-state index < -0.39 is 16.0 Å². The van der Waals surface area contributed by atoms with Gasteiger partial charge in [-0.25, -0.2) is 13.2 Å². The maximum atomic E-state index is 12.9. The first kappa shape index (κ1) is 23.5. The number of para-hydroxylation sites is 1. The third-order valence-corrected chi connectivity index (χ3v) is 7.01. The van der Waals surface area contributed by atoms with E-state index in [0.717, 1.165) is 5.56 Å². The van der Waals surface area contributed by atoms with Gasteiger partial charge in [-0.3, -0.25) is 4.79 Å². The standard InChI is InChI=1S/C23H26N2O6S/c1-3-31-23(27)19-8-11-20(12-9-19)32(28,29)25-16-14-24(15-17-25)22(26)13-10-18-6-4-5-7-21(18)30-2/h4-13H,3,14-17H2,1-2H3/b13-10+. The lowest BCUT2D eigenvalue weighted by atomic mass is 10.2. The van der Waals surface area contributed by atoms with Crippen molar-refractivity contribution < 1.29 is 27.5 Å². The first-order valence-electron chi connectivity index (χ1n) is 10.2. The molecule has 0 aliphatic carbocycles. The summed E-state index contributed by atoms with van der Waals surface area (Å²) >= 11 is 0. The minimum absolute atomic E-state index is 0.0985. The van der Waals surface area contributed by atoms with Crippen LogP contribution in [-0.4, -0.2) is 69.4 Å². The van der Waals surface area contributed by atoms with E-state index in [9.17, 15) is 18.0 Å². The van der Waals surface area contributed by atoms with Gasteiger partial charge in [-0.2, -0.15) is 4.31 Å². The topological polar surface area (TPSA) is 93.2 Å². The summed E-state index contributed by atoms with van der Waals surface area (Å²) in [6.45, 7) is 2.91. The normalized spacial score (nSPS) is 15.0. The molecule has 0 atom stereocenters. The third-order valence-electron chi connectivity index (χ3n) is 5.10. The zero-order valence-corrected chi connectivity index (χ0v) is 18.9. The van der Waals surface area contributed by atoms with Crippen LogP contribution < -0.4 is 4.74 Å².